The van der Waals surface area contributed by atoms with Gasteiger partial charge < -0.3 is 14.3 Å². The molecule has 0 aliphatic carbocycles. The third-order valence-corrected chi connectivity index (χ3v) is 4.55. The third kappa shape index (κ3) is 2.98. The fourth-order valence-electron chi connectivity index (χ4n) is 2.68. The number of nitrogens with zero attached hydrogens (tertiary/aromatic N) is 2. The summed E-state index contributed by atoms with van der Waals surface area (Å²) in [6, 6.07) is 3.88. The standard InChI is InChI=1S/C15H19BrN2O3/c1-3-15(4-2)19-9-14(20-15)13-7-12(18-21-13)11-6-5-10(16)8-17-11/h5-6,8,13-14H,3-4,7,9H2,1-2H3/t13-,14-/m0/s1. The predicted molar refractivity (Wildman–Crippen MR) is 82.1 cm³/mol. The lowest BCUT2D eigenvalue weighted by Crippen LogP contribution is -2.33. The van der Waals surface area contributed by atoms with Crippen LogP contribution in [0.3, 0.4) is 0 Å². The normalized spacial score (nSPS) is 27.5. The second-order valence-corrected chi connectivity index (χ2v) is 6.25. The molecule has 6 heteroatoms. The van der Waals surface area contributed by atoms with Crippen molar-refractivity contribution in [3.8, 4) is 0 Å². The molecule has 3 heterocycles. The highest BCUT2D eigenvalue weighted by molar-refractivity contribution is 9.10. The molecule has 1 aromatic heterocycles. The highest BCUT2D eigenvalue weighted by Crippen LogP contribution is 2.34. The molecule has 21 heavy (non-hydrogen) atoms. The predicted octanol–water partition coefficient (Wildman–Crippen LogP) is 3.27. The van der Waals surface area contributed by atoms with E-state index in [1.165, 1.54) is 0 Å². The summed E-state index contributed by atoms with van der Waals surface area (Å²) in [6.45, 7) is 4.72. The van der Waals surface area contributed by atoms with E-state index >= 15 is 0 Å². The van der Waals surface area contributed by atoms with Gasteiger partial charge in [-0.1, -0.05) is 19.0 Å². The molecule has 0 spiro atoms. The first-order valence-corrected chi connectivity index (χ1v) is 8.11. The average molecular weight is 355 g/mol. The van der Waals surface area contributed by atoms with E-state index in [1.807, 2.05) is 12.1 Å². The molecule has 0 unspecified atom stereocenters. The summed E-state index contributed by atoms with van der Waals surface area (Å²) in [7, 11) is 0. The Balaban J connectivity index is 1.63. The van der Waals surface area contributed by atoms with E-state index in [2.05, 4.69) is 39.9 Å². The van der Waals surface area contributed by atoms with Crippen LogP contribution in [-0.4, -0.2) is 35.3 Å². The molecule has 1 aromatic rings. The minimum absolute atomic E-state index is 0.0680. The Morgan fingerprint density at radius 2 is 2.10 bits per heavy atom. The zero-order chi connectivity index (χ0) is 14.9. The van der Waals surface area contributed by atoms with Gasteiger partial charge >= 0.3 is 0 Å². The molecule has 5 nitrogen and oxygen atoms in total. The largest absolute Gasteiger partial charge is 0.389 e. The Hall–Kier alpha value is -0.980. The van der Waals surface area contributed by atoms with Gasteiger partial charge in [-0.3, -0.25) is 4.98 Å². The summed E-state index contributed by atoms with van der Waals surface area (Å²) >= 11 is 3.38. The minimum Gasteiger partial charge on any atom is -0.389 e. The van der Waals surface area contributed by atoms with Crippen LogP contribution in [0.2, 0.25) is 0 Å². The number of rotatable bonds is 4. The van der Waals surface area contributed by atoms with Gasteiger partial charge in [0, 0.05) is 17.1 Å². The summed E-state index contributed by atoms with van der Waals surface area (Å²) in [5.74, 6) is -0.452. The molecule has 0 saturated carbocycles. The van der Waals surface area contributed by atoms with Crippen LogP contribution in [0.25, 0.3) is 0 Å². The molecule has 1 fully saturated rings. The number of oxime groups is 1. The fourth-order valence-corrected chi connectivity index (χ4v) is 2.91. The van der Waals surface area contributed by atoms with Gasteiger partial charge in [-0.2, -0.15) is 0 Å². The quantitative estimate of drug-likeness (QED) is 0.832. The summed E-state index contributed by atoms with van der Waals surface area (Å²) in [5.41, 5.74) is 1.71. The maximum atomic E-state index is 6.09. The molecule has 0 amide bonds. The number of ether oxygens (including phenoxy) is 2. The maximum Gasteiger partial charge on any atom is 0.168 e. The van der Waals surface area contributed by atoms with Crippen LogP contribution in [0, 0.1) is 0 Å². The first-order chi connectivity index (χ1) is 10.2. The van der Waals surface area contributed by atoms with Crippen LogP contribution in [-0.2, 0) is 14.3 Å². The lowest BCUT2D eigenvalue weighted by Gasteiger charge is -2.25. The van der Waals surface area contributed by atoms with Gasteiger partial charge in [0.2, 0.25) is 0 Å². The summed E-state index contributed by atoms with van der Waals surface area (Å²) in [4.78, 5) is 9.90. The Morgan fingerprint density at radius 3 is 2.71 bits per heavy atom. The molecule has 0 radical (unpaired) electrons. The second kappa shape index (κ2) is 6.02. The Bertz CT molecular complexity index is 528. The average Bonchev–Trinajstić information content (AvgIpc) is 3.15. The van der Waals surface area contributed by atoms with Crippen LogP contribution >= 0.6 is 15.9 Å². The van der Waals surface area contributed by atoms with Crippen molar-refractivity contribution in [2.45, 2.75) is 51.1 Å². The third-order valence-electron chi connectivity index (χ3n) is 4.08. The highest BCUT2D eigenvalue weighted by Gasteiger charge is 2.44. The van der Waals surface area contributed by atoms with E-state index in [4.69, 9.17) is 14.3 Å². The first-order valence-electron chi connectivity index (χ1n) is 7.32. The number of aromatic nitrogens is 1. The van der Waals surface area contributed by atoms with E-state index in [-0.39, 0.29) is 12.2 Å². The molecule has 2 atom stereocenters. The van der Waals surface area contributed by atoms with Crippen molar-refractivity contribution >= 4 is 21.6 Å². The van der Waals surface area contributed by atoms with Gasteiger partial charge in [-0.05, 0) is 40.9 Å². The van der Waals surface area contributed by atoms with Crippen LogP contribution in [0.4, 0.5) is 0 Å². The van der Waals surface area contributed by atoms with Gasteiger partial charge in [-0.15, -0.1) is 0 Å². The van der Waals surface area contributed by atoms with E-state index in [0.29, 0.717) is 13.0 Å². The molecule has 114 valence electrons. The Labute approximate surface area is 132 Å². The minimum atomic E-state index is -0.452. The van der Waals surface area contributed by atoms with Crippen molar-refractivity contribution in [1.29, 1.82) is 0 Å². The first kappa shape index (κ1) is 14.9. The lowest BCUT2D eigenvalue weighted by atomic mass is 10.1. The van der Waals surface area contributed by atoms with Crippen LogP contribution in [0.15, 0.2) is 28.0 Å². The molecule has 3 rings (SSSR count). The number of hydrogen-bond donors (Lipinski definition) is 0. The molecule has 0 aromatic carbocycles. The van der Waals surface area contributed by atoms with Gasteiger partial charge in [0.15, 0.2) is 11.9 Å². The van der Waals surface area contributed by atoms with Gasteiger partial charge in [0.05, 0.1) is 12.3 Å². The van der Waals surface area contributed by atoms with E-state index in [1.54, 1.807) is 6.20 Å². The fraction of sp³-hybridized carbons (Fsp3) is 0.600. The van der Waals surface area contributed by atoms with Gasteiger partial charge in [-0.25, -0.2) is 0 Å². The number of hydrogen-bond acceptors (Lipinski definition) is 5. The van der Waals surface area contributed by atoms with E-state index in [9.17, 15) is 0 Å². The zero-order valence-corrected chi connectivity index (χ0v) is 13.8. The molecular formula is C15H19BrN2O3. The topological polar surface area (TPSA) is 52.9 Å². The van der Waals surface area contributed by atoms with Crippen LogP contribution in [0.1, 0.15) is 38.8 Å². The van der Waals surface area contributed by atoms with E-state index in [0.717, 1.165) is 28.7 Å². The summed E-state index contributed by atoms with van der Waals surface area (Å²) in [5, 5.41) is 4.16. The molecule has 0 bridgehead atoms. The van der Waals surface area contributed by atoms with Crippen LogP contribution in [0.5, 0.6) is 0 Å². The molecule has 1 saturated heterocycles. The monoisotopic (exact) mass is 354 g/mol. The van der Waals surface area contributed by atoms with Crippen molar-refractivity contribution < 1.29 is 14.3 Å². The second-order valence-electron chi connectivity index (χ2n) is 5.33. The summed E-state index contributed by atoms with van der Waals surface area (Å²) < 4.78 is 12.9. The van der Waals surface area contributed by atoms with E-state index < -0.39 is 5.79 Å². The smallest absolute Gasteiger partial charge is 0.168 e. The molecule has 2 aliphatic rings. The van der Waals surface area contributed by atoms with Crippen molar-refractivity contribution in [2.24, 2.45) is 5.16 Å². The van der Waals surface area contributed by atoms with Crippen LogP contribution < -0.4 is 0 Å². The lowest BCUT2D eigenvalue weighted by molar-refractivity contribution is -0.183. The van der Waals surface area contributed by atoms with Crippen molar-refractivity contribution in [3.63, 3.8) is 0 Å². The Morgan fingerprint density at radius 1 is 1.29 bits per heavy atom. The van der Waals surface area contributed by atoms with Crippen molar-refractivity contribution in [3.05, 3.63) is 28.5 Å². The molecular weight excluding hydrogens is 336 g/mol. The maximum absolute atomic E-state index is 6.09. The Kier molecular flexibility index (Phi) is 4.28. The van der Waals surface area contributed by atoms with Crippen molar-refractivity contribution in [2.75, 3.05) is 6.61 Å². The van der Waals surface area contributed by atoms with Gasteiger partial charge in [0.1, 0.15) is 11.8 Å². The zero-order valence-electron chi connectivity index (χ0n) is 12.2. The SMILES string of the molecule is CCC1(CC)OC[C@@H]([C@@H]2CC(c3ccc(Br)cn3)=NO2)O1. The van der Waals surface area contributed by atoms with Gasteiger partial charge in [0.25, 0.3) is 0 Å². The number of pyridine rings is 1. The highest BCUT2D eigenvalue weighted by atomic mass is 79.9. The van der Waals surface area contributed by atoms with Crippen molar-refractivity contribution in [1.82, 2.24) is 4.98 Å². The molecule has 2 aliphatic heterocycles. The number of halogens is 1. The summed E-state index contributed by atoms with van der Waals surface area (Å²) in [6.07, 6.45) is 3.99. The molecule has 0 N–H and O–H groups in total.